The van der Waals surface area contributed by atoms with Crippen LogP contribution in [0, 0.1) is 0 Å². The number of nitrogens with one attached hydrogen (secondary N) is 1. The van der Waals surface area contributed by atoms with Crippen molar-refractivity contribution in [3.05, 3.63) is 35.9 Å². The zero-order chi connectivity index (χ0) is 17.8. The van der Waals surface area contributed by atoms with Gasteiger partial charge in [-0.05, 0) is 25.8 Å². The molecule has 0 aliphatic rings. The molecular weight excluding hydrogens is 322 g/mol. The predicted octanol–water partition coefficient (Wildman–Crippen LogP) is 3.94. The van der Waals surface area contributed by atoms with E-state index in [1.807, 2.05) is 25.1 Å². The summed E-state index contributed by atoms with van der Waals surface area (Å²) in [6, 6.07) is 9.52. The molecule has 24 heavy (non-hydrogen) atoms. The fourth-order valence-corrected chi connectivity index (χ4v) is 3.94. The first kappa shape index (κ1) is 20.6. The third kappa shape index (κ3) is 6.56. The zero-order valence-corrected chi connectivity index (χ0v) is 15.7. The number of rotatable bonds is 12. The van der Waals surface area contributed by atoms with E-state index in [1.54, 1.807) is 18.7 Å². The van der Waals surface area contributed by atoms with Crippen molar-refractivity contribution in [2.45, 2.75) is 63.0 Å². The van der Waals surface area contributed by atoms with E-state index in [4.69, 9.17) is 4.74 Å². The number of hydrogen-bond donors (Lipinski definition) is 1. The van der Waals surface area contributed by atoms with Gasteiger partial charge in [0.2, 0.25) is 6.41 Å². The minimum Gasteiger partial charge on any atom is -0.464 e. The first-order valence-corrected chi connectivity index (χ1v) is 9.60. The monoisotopic (exact) mass is 351 g/mol. The van der Waals surface area contributed by atoms with E-state index in [1.165, 1.54) is 5.56 Å². The number of ether oxygens (including phenoxy) is 1. The van der Waals surface area contributed by atoms with Gasteiger partial charge in [0.15, 0.2) is 0 Å². The molecule has 0 fully saturated rings. The van der Waals surface area contributed by atoms with E-state index in [0.29, 0.717) is 13.0 Å². The van der Waals surface area contributed by atoms with Crippen molar-refractivity contribution in [2.24, 2.45) is 0 Å². The summed E-state index contributed by atoms with van der Waals surface area (Å²) in [6.45, 7) is 6.29. The Morgan fingerprint density at radius 3 is 2.58 bits per heavy atom. The number of hydrogen-bond acceptors (Lipinski definition) is 4. The molecule has 0 heterocycles. The third-order valence-electron chi connectivity index (χ3n) is 4.06. The van der Waals surface area contributed by atoms with Gasteiger partial charge in [-0.25, -0.2) is 4.79 Å². The average Bonchev–Trinajstić information content (AvgIpc) is 2.59. The van der Waals surface area contributed by atoms with Crippen molar-refractivity contribution in [1.29, 1.82) is 0 Å². The molecule has 0 aliphatic heterocycles. The summed E-state index contributed by atoms with van der Waals surface area (Å²) >= 11 is 1.71. The molecule has 1 aromatic carbocycles. The molecule has 5 heteroatoms. The van der Waals surface area contributed by atoms with Crippen molar-refractivity contribution in [2.75, 3.05) is 6.61 Å². The van der Waals surface area contributed by atoms with Crippen LogP contribution < -0.4 is 5.32 Å². The van der Waals surface area contributed by atoms with Crippen LogP contribution in [0.5, 0.6) is 0 Å². The summed E-state index contributed by atoms with van der Waals surface area (Å²) in [7, 11) is 0. The van der Waals surface area contributed by atoms with E-state index in [2.05, 4.69) is 24.4 Å². The van der Waals surface area contributed by atoms with Crippen LogP contribution in [0.2, 0.25) is 0 Å². The summed E-state index contributed by atoms with van der Waals surface area (Å²) in [5.74, 6) is 0.434. The smallest absolute Gasteiger partial charge is 0.330 e. The molecule has 0 spiro atoms. The second-order valence-corrected chi connectivity index (χ2v) is 7.52. The number of carbonyl (C=O) groups is 2. The Kier molecular flexibility index (Phi) is 9.53. The topological polar surface area (TPSA) is 55.4 Å². The summed E-state index contributed by atoms with van der Waals surface area (Å²) in [4.78, 5) is 23.4. The first-order chi connectivity index (χ1) is 11.6. The molecule has 0 aromatic heterocycles. The van der Waals surface area contributed by atoms with Gasteiger partial charge in [-0.15, -0.1) is 11.8 Å². The van der Waals surface area contributed by atoms with E-state index >= 15 is 0 Å². The largest absolute Gasteiger partial charge is 0.464 e. The molecule has 1 aromatic rings. The fraction of sp³-hybridized carbons (Fsp3) is 0.579. The number of thioether (sulfide) groups is 1. The van der Waals surface area contributed by atoms with Gasteiger partial charge in [-0.2, -0.15) is 0 Å². The fourth-order valence-electron chi connectivity index (χ4n) is 2.64. The van der Waals surface area contributed by atoms with Crippen molar-refractivity contribution < 1.29 is 14.3 Å². The highest BCUT2D eigenvalue weighted by molar-refractivity contribution is 8.00. The molecule has 1 N–H and O–H groups in total. The SMILES string of the molecule is CCCCC[C@](C)(SCc1ccccc1)[C@H](NC=O)C(=O)OCC. The molecule has 2 atom stereocenters. The maximum absolute atomic E-state index is 12.4. The van der Waals surface area contributed by atoms with Gasteiger partial charge in [-0.3, -0.25) is 4.79 Å². The van der Waals surface area contributed by atoms with Gasteiger partial charge >= 0.3 is 5.97 Å². The highest BCUT2D eigenvalue weighted by Crippen LogP contribution is 2.37. The highest BCUT2D eigenvalue weighted by Gasteiger charge is 2.40. The molecule has 0 bridgehead atoms. The lowest BCUT2D eigenvalue weighted by Crippen LogP contribution is -2.52. The van der Waals surface area contributed by atoms with E-state index in [-0.39, 0.29) is 5.97 Å². The first-order valence-electron chi connectivity index (χ1n) is 8.61. The lowest BCUT2D eigenvalue weighted by atomic mass is 9.94. The molecule has 1 amide bonds. The van der Waals surface area contributed by atoms with E-state index in [9.17, 15) is 9.59 Å². The van der Waals surface area contributed by atoms with Gasteiger partial charge in [0.25, 0.3) is 0 Å². The Morgan fingerprint density at radius 2 is 2.00 bits per heavy atom. The van der Waals surface area contributed by atoms with Gasteiger partial charge in [-0.1, -0.05) is 56.5 Å². The van der Waals surface area contributed by atoms with Crippen LogP contribution in [0.3, 0.4) is 0 Å². The molecule has 134 valence electrons. The van der Waals surface area contributed by atoms with Crippen molar-refractivity contribution in [3.63, 3.8) is 0 Å². The van der Waals surface area contributed by atoms with Gasteiger partial charge in [0.1, 0.15) is 6.04 Å². The number of amides is 1. The van der Waals surface area contributed by atoms with Crippen molar-refractivity contribution >= 4 is 24.1 Å². The summed E-state index contributed by atoms with van der Waals surface area (Å²) in [5.41, 5.74) is 1.21. The zero-order valence-electron chi connectivity index (χ0n) is 14.9. The third-order valence-corrected chi connectivity index (χ3v) is 5.63. The number of carbonyl (C=O) groups excluding carboxylic acids is 2. The standard InChI is InChI=1S/C19H29NO3S/c1-4-6-10-13-19(3,17(20-15-21)18(22)23-5-2)24-14-16-11-8-7-9-12-16/h7-9,11-12,15,17H,4-6,10,13-14H2,1-3H3,(H,20,21)/t17-,19+/m1/s1. The molecule has 0 aliphatic carbocycles. The quantitative estimate of drug-likeness (QED) is 0.352. The van der Waals surface area contributed by atoms with Crippen LogP contribution in [0.1, 0.15) is 52.0 Å². The van der Waals surface area contributed by atoms with Crippen molar-refractivity contribution in [3.8, 4) is 0 Å². The van der Waals surface area contributed by atoms with Crippen LogP contribution in [0.4, 0.5) is 0 Å². The number of unbranched alkanes of at least 4 members (excludes halogenated alkanes) is 2. The van der Waals surface area contributed by atoms with Gasteiger partial charge in [0, 0.05) is 10.5 Å². The molecule has 4 nitrogen and oxygen atoms in total. The Bertz CT molecular complexity index is 495. The Labute approximate surface area is 149 Å². The Balaban J connectivity index is 2.91. The summed E-state index contributed by atoms with van der Waals surface area (Å²) < 4.78 is 4.78. The van der Waals surface area contributed by atoms with Crippen LogP contribution in [-0.2, 0) is 20.1 Å². The number of esters is 1. The molecule has 0 unspecified atom stereocenters. The summed E-state index contributed by atoms with van der Waals surface area (Å²) in [6.07, 6.45) is 4.69. The minimum atomic E-state index is -0.638. The molecule has 0 saturated carbocycles. The maximum atomic E-state index is 12.4. The van der Waals surface area contributed by atoms with Crippen molar-refractivity contribution in [1.82, 2.24) is 5.32 Å². The second-order valence-electron chi connectivity index (χ2n) is 6.01. The normalized spacial score (nSPS) is 14.5. The van der Waals surface area contributed by atoms with Gasteiger partial charge in [0.05, 0.1) is 6.61 Å². The lowest BCUT2D eigenvalue weighted by molar-refractivity contribution is -0.147. The molecular formula is C19H29NO3S. The minimum absolute atomic E-state index is 0.310. The molecule has 0 radical (unpaired) electrons. The summed E-state index contributed by atoms with van der Waals surface area (Å²) in [5, 5.41) is 2.70. The lowest BCUT2D eigenvalue weighted by Gasteiger charge is -2.35. The van der Waals surface area contributed by atoms with E-state index < -0.39 is 10.8 Å². The second kappa shape index (κ2) is 11.1. The molecule has 0 saturated heterocycles. The van der Waals surface area contributed by atoms with Crippen LogP contribution >= 0.6 is 11.8 Å². The van der Waals surface area contributed by atoms with Crippen LogP contribution in [-0.4, -0.2) is 29.8 Å². The predicted molar refractivity (Wildman–Crippen MR) is 99.9 cm³/mol. The highest BCUT2D eigenvalue weighted by atomic mass is 32.2. The average molecular weight is 352 g/mol. The van der Waals surface area contributed by atoms with Crippen LogP contribution in [0.15, 0.2) is 30.3 Å². The van der Waals surface area contributed by atoms with Gasteiger partial charge < -0.3 is 10.1 Å². The Morgan fingerprint density at radius 1 is 1.29 bits per heavy atom. The number of benzene rings is 1. The van der Waals surface area contributed by atoms with Crippen LogP contribution in [0.25, 0.3) is 0 Å². The maximum Gasteiger partial charge on any atom is 0.330 e. The van der Waals surface area contributed by atoms with E-state index in [0.717, 1.165) is 31.4 Å². The Hall–Kier alpha value is -1.49. The molecule has 1 rings (SSSR count).